The molecule has 7 nitrogen and oxygen atoms in total. The average Bonchev–Trinajstić information content (AvgIpc) is 3.43. The smallest absolute Gasteiger partial charge is 0.183 e. The van der Waals surface area contributed by atoms with Gasteiger partial charge < -0.3 is 10.1 Å². The van der Waals surface area contributed by atoms with E-state index in [1.54, 1.807) is 35.6 Å². The summed E-state index contributed by atoms with van der Waals surface area (Å²) in [4.78, 5) is 3.68. The Labute approximate surface area is 194 Å². The van der Waals surface area contributed by atoms with Crippen molar-refractivity contribution in [2.24, 2.45) is 0 Å². The molecule has 2 aromatic rings. The number of morpholine rings is 1. The van der Waals surface area contributed by atoms with Crippen molar-refractivity contribution in [1.29, 1.82) is 0 Å². The van der Waals surface area contributed by atoms with Gasteiger partial charge in [0.1, 0.15) is 0 Å². The van der Waals surface area contributed by atoms with Crippen LogP contribution in [0.25, 0.3) is 0 Å². The summed E-state index contributed by atoms with van der Waals surface area (Å²) < 4.78 is 57.2. The van der Waals surface area contributed by atoms with E-state index in [2.05, 4.69) is 16.3 Å². The summed E-state index contributed by atoms with van der Waals surface area (Å²) in [5.74, 6) is -0.506. The van der Waals surface area contributed by atoms with Gasteiger partial charge in [-0.3, -0.25) is 4.90 Å². The first kappa shape index (κ1) is 23.8. The Bertz CT molecular complexity index is 1090. The molecular weight excluding hydrogens is 468 g/mol. The quantitative estimate of drug-likeness (QED) is 0.594. The standard InChI is InChI=1S/C22H30N2O5S3/c1-2-17-5-7-18(8-6-17)32(27,28)22-16-31(25,26)15-19(22)23-14-20(21-4-3-13-30-21)24-9-11-29-12-10-24/h3-8,13,19-20,22-23H,2,9-12,14-16H2,1H3/t19-,20?,22-/m0/s1. The predicted octanol–water partition coefficient (Wildman–Crippen LogP) is 1.91. The summed E-state index contributed by atoms with van der Waals surface area (Å²) in [6, 6.07) is 10.3. The normalized spacial score (nSPS) is 25.0. The van der Waals surface area contributed by atoms with Crippen molar-refractivity contribution in [1.82, 2.24) is 10.2 Å². The van der Waals surface area contributed by atoms with Crippen LogP contribution in [0, 0.1) is 0 Å². The van der Waals surface area contributed by atoms with E-state index in [-0.39, 0.29) is 22.4 Å². The van der Waals surface area contributed by atoms with Gasteiger partial charge in [-0.2, -0.15) is 0 Å². The third-order valence-corrected chi connectivity index (χ3v) is 11.4. The second-order valence-electron chi connectivity index (χ2n) is 8.35. The topological polar surface area (TPSA) is 92.8 Å². The molecule has 0 bridgehead atoms. The minimum atomic E-state index is -3.78. The Kier molecular flexibility index (Phi) is 7.38. The molecule has 2 aliphatic rings. The molecule has 0 saturated carbocycles. The van der Waals surface area contributed by atoms with Gasteiger partial charge in [-0.25, -0.2) is 16.8 Å². The van der Waals surface area contributed by atoms with E-state index < -0.39 is 31.0 Å². The van der Waals surface area contributed by atoms with Crippen LogP contribution in [0.1, 0.15) is 23.4 Å². The largest absolute Gasteiger partial charge is 0.379 e. The molecule has 1 N–H and O–H groups in total. The Morgan fingerprint density at radius 1 is 1.16 bits per heavy atom. The molecule has 4 rings (SSSR count). The van der Waals surface area contributed by atoms with Gasteiger partial charge in [-0.1, -0.05) is 25.1 Å². The van der Waals surface area contributed by atoms with E-state index in [4.69, 9.17) is 4.74 Å². The molecule has 10 heteroatoms. The fourth-order valence-electron chi connectivity index (χ4n) is 4.44. The Morgan fingerprint density at radius 3 is 2.50 bits per heavy atom. The van der Waals surface area contributed by atoms with E-state index in [1.165, 1.54) is 4.88 Å². The van der Waals surface area contributed by atoms with Crippen LogP contribution in [0.4, 0.5) is 0 Å². The molecule has 1 unspecified atom stereocenters. The molecule has 0 amide bonds. The lowest BCUT2D eigenvalue weighted by atomic mass is 10.1. The van der Waals surface area contributed by atoms with Crippen LogP contribution in [0.2, 0.25) is 0 Å². The molecular formula is C22H30N2O5S3. The number of ether oxygens (including phenoxy) is 1. The molecule has 1 aromatic heterocycles. The summed E-state index contributed by atoms with van der Waals surface area (Å²) in [5, 5.41) is 4.37. The minimum Gasteiger partial charge on any atom is -0.379 e. The molecule has 2 aliphatic heterocycles. The maximum Gasteiger partial charge on any atom is 0.183 e. The van der Waals surface area contributed by atoms with Crippen LogP contribution >= 0.6 is 11.3 Å². The van der Waals surface area contributed by atoms with Gasteiger partial charge in [0.25, 0.3) is 0 Å². The fraction of sp³-hybridized carbons (Fsp3) is 0.545. The molecule has 176 valence electrons. The van der Waals surface area contributed by atoms with Crippen LogP contribution < -0.4 is 5.32 Å². The molecule has 3 atom stereocenters. The first-order valence-electron chi connectivity index (χ1n) is 10.9. The maximum absolute atomic E-state index is 13.4. The number of benzene rings is 1. The van der Waals surface area contributed by atoms with Gasteiger partial charge in [0.15, 0.2) is 19.7 Å². The zero-order valence-electron chi connectivity index (χ0n) is 18.1. The summed E-state index contributed by atoms with van der Waals surface area (Å²) in [6.07, 6.45) is 0.813. The summed E-state index contributed by atoms with van der Waals surface area (Å²) in [6.45, 7) is 5.39. The number of hydrogen-bond donors (Lipinski definition) is 1. The lowest BCUT2D eigenvalue weighted by Crippen LogP contribution is -2.48. The first-order valence-corrected chi connectivity index (χ1v) is 15.2. The van der Waals surface area contributed by atoms with Gasteiger partial charge in [0.05, 0.1) is 40.9 Å². The van der Waals surface area contributed by atoms with Gasteiger partial charge >= 0.3 is 0 Å². The van der Waals surface area contributed by atoms with Crippen LogP contribution in [0.3, 0.4) is 0 Å². The van der Waals surface area contributed by atoms with Gasteiger partial charge in [0, 0.05) is 30.6 Å². The SMILES string of the molecule is CCc1ccc(S(=O)(=O)[C@H]2CS(=O)(=O)C[C@@H]2NCC(c2cccs2)N2CCOCC2)cc1. The Morgan fingerprint density at radius 2 is 1.88 bits per heavy atom. The second kappa shape index (κ2) is 9.90. The molecule has 32 heavy (non-hydrogen) atoms. The Balaban J connectivity index is 1.55. The van der Waals surface area contributed by atoms with Gasteiger partial charge in [-0.15, -0.1) is 11.3 Å². The van der Waals surface area contributed by atoms with Gasteiger partial charge in [-0.05, 0) is 35.6 Å². The fourth-order valence-corrected chi connectivity index (χ4v) is 10.0. The molecule has 0 radical (unpaired) electrons. The van der Waals surface area contributed by atoms with E-state index in [1.807, 2.05) is 18.4 Å². The molecule has 0 spiro atoms. The number of sulfone groups is 2. The predicted molar refractivity (Wildman–Crippen MR) is 127 cm³/mol. The third-order valence-electron chi connectivity index (χ3n) is 6.29. The average molecular weight is 499 g/mol. The lowest BCUT2D eigenvalue weighted by Gasteiger charge is -2.35. The van der Waals surface area contributed by atoms with E-state index in [9.17, 15) is 16.8 Å². The van der Waals surface area contributed by atoms with Crippen molar-refractivity contribution in [2.75, 3.05) is 44.4 Å². The van der Waals surface area contributed by atoms with Crippen LogP contribution in [0.15, 0.2) is 46.7 Å². The van der Waals surface area contributed by atoms with Crippen molar-refractivity contribution in [3.8, 4) is 0 Å². The summed E-state index contributed by atoms with van der Waals surface area (Å²) in [5.41, 5.74) is 1.04. The van der Waals surface area contributed by atoms with Crippen molar-refractivity contribution < 1.29 is 21.6 Å². The highest BCUT2D eigenvalue weighted by molar-refractivity contribution is 7.96. The first-order chi connectivity index (χ1) is 15.3. The molecule has 2 saturated heterocycles. The van der Waals surface area contributed by atoms with E-state index >= 15 is 0 Å². The highest BCUT2D eigenvalue weighted by atomic mass is 32.2. The van der Waals surface area contributed by atoms with Crippen molar-refractivity contribution in [3.05, 3.63) is 52.2 Å². The molecule has 1 aromatic carbocycles. The molecule has 2 fully saturated rings. The highest BCUT2D eigenvalue weighted by Gasteiger charge is 2.46. The minimum absolute atomic E-state index is 0.0504. The van der Waals surface area contributed by atoms with E-state index in [0.29, 0.717) is 19.8 Å². The van der Waals surface area contributed by atoms with E-state index in [0.717, 1.165) is 25.1 Å². The number of hydrogen-bond acceptors (Lipinski definition) is 8. The number of nitrogens with zero attached hydrogens (tertiary/aromatic N) is 1. The van der Waals surface area contributed by atoms with Crippen molar-refractivity contribution in [3.63, 3.8) is 0 Å². The molecule has 3 heterocycles. The zero-order valence-corrected chi connectivity index (χ0v) is 20.6. The molecule has 0 aliphatic carbocycles. The van der Waals surface area contributed by atoms with Gasteiger partial charge in [0.2, 0.25) is 0 Å². The zero-order chi connectivity index (χ0) is 22.8. The van der Waals surface area contributed by atoms with Crippen molar-refractivity contribution >= 4 is 31.0 Å². The van der Waals surface area contributed by atoms with Crippen LogP contribution in [0.5, 0.6) is 0 Å². The number of aryl methyl sites for hydroxylation is 1. The third kappa shape index (κ3) is 5.26. The van der Waals surface area contributed by atoms with Crippen molar-refractivity contribution in [2.45, 2.75) is 35.6 Å². The monoisotopic (exact) mass is 498 g/mol. The summed E-state index contributed by atoms with van der Waals surface area (Å²) >= 11 is 1.65. The van der Waals surface area contributed by atoms with Crippen LogP contribution in [-0.4, -0.2) is 77.4 Å². The number of rotatable bonds is 8. The maximum atomic E-state index is 13.4. The van der Waals surface area contributed by atoms with Crippen LogP contribution in [-0.2, 0) is 30.8 Å². The lowest BCUT2D eigenvalue weighted by molar-refractivity contribution is 0.0165. The highest BCUT2D eigenvalue weighted by Crippen LogP contribution is 2.29. The number of thiophene rings is 1. The Hall–Kier alpha value is -1.30. The second-order valence-corrected chi connectivity index (χ2v) is 13.7. The number of nitrogens with one attached hydrogen (secondary N) is 1. The summed E-state index contributed by atoms with van der Waals surface area (Å²) in [7, 11) is -7.23.